The largest absolute Gasteiger partial charge is 0.393 e. The van der Waals surface area contributed by atoms with Crippen LogP contribution in [0.4, 0.5) is 0 Å². The van der Waals surface area contributed by atoms with E-state index in [1.807, 2.05) is 0 Å². The van der Waals surface area contributed by atoms with Crippen molar-refractivity contribution >= 4 is 0 Å². The van der Waals surface area contributed by atoms with Crippen molar-refractivity contribution in [1.82, 2.24) is 0 Å². The second kappa shape index (κ2) is 9.71. The van der Waals surface area contributed by atoms with Crippen LogP contribution < -0.4 is 0 Å². The highest BCUT2D eigenvalue weighted by molar-refractivity contribution is 5.05. The fourth-order valence-corrected chi connectivity index (χ4v) is 5.97. The van der Waals surface area contributed by atoms with Crippen molar-refractivity contribution in [2.45, 2.75) is 97.2 Å². The van der Waals surface area contributed by atoms with Crippen molar-refractivity contribution in [2.24, 2.45) is 23.2 Å². The van der Waals surface area contributed by atoms with Gasteiger partial charge in [0.1, 0.15) is 0 Å². The first kappa shape index (κ1) is 21.9. The molecule has 0 amide bonds. The van der Waals surface area contributed by atoms with Crippen LogP contribution in [0, 0.1) is 23.2 Å². The minimum atomic E-state index is -0.659. The van der Waals surface area contributed by atoms with Crippen LogP contribution in [0.15, 0.2) is 12.2 Å². The summed E-state index contributed by atoms with van der Waals surface area (Å²) in [6.07, 6.45) is 13.8. The molecule has 152 valence electrons. The standard InChI is InChI=1S/C23H42O3/c1-5-13-23(25,14-6-2)17-26-16-8-9-18(3)19-11-12-20-21(24)10-7-15-22(19,20)4/h8-9,18-21,24-25H,5-7,10-17H2,1-4H3/b9-8+/t18?,19-,20+,21+,22-/m1/s1. The number of fused-ring (bicyclic) bond motifs is 1. The zero-order chi connectivity index (χ0) is 19.2. The molecule has 5 atom stereocenters. The Bertz CT molecular complexity index is 441. The lowest BCUT2D eigenvalue weighted by Crippen LogP contribution is -2.41. The molecule has 0 aromatic rings. The lowest BCUT2D eigenvalue weighted by molar-refractivity contribution is -0.0518. The van der Waals surface area contributed by atoms with Gasteiger partial charge in [-0.05, 0) is 61.7 Å². The number of rotatable bonds is 10. The number of hydrogen-bond donors (Lipinski definition) is 2. The molecule has 2 rings (SSSR count). The second-order valence-corrected chi connectivity index (χ2v) is 9.28. The van der Waals surface area contributed by atoms with E-state index in [1.165, 1.54) is 19.3 Å². The highest BCUT2D eigenvalue weighted by atomic mass is 16.5. The molecule has 2 fully saturated rings. The molecule has 26 heavy (non-hydrogen) atoms. The van der Waals surface area contributed by atoms with E-state index in [4.69, 9.17) is 4.74 Å². The summed E-state index contributed by atoms with van der Waals surface area (Å²) in [6.45, 7) is 9.96. The summed E-state index contributed by atoms with van der Waals surface area (Å²) in [7, 11) is 0. The summed E-state index contributed by atoms with van der Waals surface area (Å²) in [6, 6.07) is 0. The molecule has 0 aliphatic heterocycles. The van der Waals surface area contributed by atoms with Crippen molar-refractivity contribution < 1.29 is 14.9 Å². The normalized spacial score (nSPS) is 33.5. The average molecular weight is 367 g/mol. The summed E-state index contributed by atoms with van der Waals surface area (Å²) in [4.78, 5) is 0. The first-order valence-electron chi connectivity index (χ1n) is 11.0. The van der Waals surface area contributed by atoms with E-state index in [-0.39, 0.29) is 6.10 Å². The van der Waals surface area contributed by atoms with Crippen LogP contribution in [0.3, 0.4) is 0 Å². The molecule has 0 spiro atoms. The minimum Gasteiger partial charge on any atom is -0.393 e. The topological polar surface area (TPSA) is 49.7 Å². The summed E-state index contributed by atoms with van der Waals surface area (Å²) in [5.41, 5.74) is -0.363. The number of allylic oxidation sites excluding steroid dienone is 1. The molecule has 0 saturated heterocycles. The van der Waals surface area contributed by atoms with Crippen LogP contribution in [0.25, 0.3) is 0 Å². The maximum Gasteiger partial charge on any atom is 0.0880 e. The van der Waals surface area contributed by atoms with E-state index in [0.29, 0.717) is 36.4 Å². The van der Waals surface area contributed by atoms with Crippen LogP contribution in [-0.2, 0) is 4.74 Å². The molecule has 0 radical (unpaired) electrons. The molecule has 1 unspecified atom stereocenters. The molecule has 2 N–H and O–H groups in total. The summed E-state index contributed by atoms with van der Waals surface area (Å²) < 4.78 is 5.79. The summed E-state index contributed by atoms with van der Waals surface area (Å²) >= 11 is 0. The quantitative estimate of drug-likeness (QED) is 0.417. The number of ether oxygens (including phenoxy) is 1. The van der Waals surface area contributed by atoms with Gasteiger partial charge in [-0.25, -0.2) is 0 Å². The van der Waals surface area contributed by atoms with E-state index in [9.17, 15) is 10.2 Å². The number of aliphatic hydroxyl groups is 2. The van der Waals surface area contributed by atoms with Gasteiger partial charge in [-0.1, -0.05) is 59.1 Å². The van der Waals surface area contributed by atoms with Gasteiger partial charge in [0.2, 0.25) is 0 Å². The molecule has 0 bridgehead atoms. The Morgan fingerprint density at radius 1 is 1.19 bits per heavy atom. The first-order chi connectivity index (χ1) is 12.4. The predicted octanol–water partition coefficient (Wildman–Crippen LogP) is 5.10. The van der Waals surface area contributed by atoms with Gasteiger partial charge in [0, 0.05) is 0 Å². The lowest BCUT2D eigenvalue weighted by Gasteiger charge is -2.44. The Kier molecular flexibility index (Phi) is 8.18. The SMILES string of the molecule is CCCC(O)(CCC)COC/C=C/C(C)[C@H]1CC[C@H]2[C@@H](O)CCC[C@]12C. The Morgan fingerprint density at radius 3 is 2.54 bits per heavy atom. The van der Waals surface area contributed by atoms with Gasteiger partial charge in [0.15, 0.2) is 0 Å². The van der Waals surface area contributed by atoms with Crippen molar-refractivity contribution in [3.63, 3.8) is 0 Å². The van der Waals surface area contributed by atoms with Crippen LogP contribution in [0.2, 0.25) is 0 Å². The molecule has 3 heteroatoms. The van der Waals surface area contributed by atoms with E-state index in [0.717, 1.165) is 38.5 Å². The second-order valence-electron chi connectivity index (χ2n) is 9.28. The predicted molar refractivity (Wildman–Crippen MR) is 108 cm³/mol. The van der Waals surface area contributed by atoms with Crippen molar-refractivity contribution in [3.05, 3.63) is 12.2 Å². The van der Waals surface area contributed by atoms with E-state index < -0.39 is 5.60 Å². The fourth-order valence-electron chi connectivity index (χ4n) is 5.97. The molecule has 0 aromatic heterocycles. The Labute approximate surface area is 161 Å². The zero-order valence-electron chi connectivity index (χ0n) is 17.5. The minimum absolute atomic E-state index is 0.0897. The average Bonchev–Trinajstić information content (AvgIpc) is 2.93. The van der Waals surface area contributed by atoms with Gasteiger partial charge in [0.05, 0.1) is 24.9 Å². The van der Waals surface area contributed by atoms with Crippen LogP contribution in [0.5, 0.6) is 0 Å². The Balaban J connectivity index is 1.81. The van der Waals surface area contributed by atoms with Crippen molar-refractivity contribution in [1.29, 1.82) is 0 Å². The number of aliphatic hydroxyl groups excluding tert-OH is 1. The Hall–Kier alpha value is -0.380. The Morgan fingerprint density at radius 2 is 1.88 bits per heavy atom. The van der Waals surface area contributed by atoms with Gasteiger partial charge in [0.25, 0.3) is 0 Å². The maximum atomic E-state index is 10.6. The molecule has 3 nitrogen and oxygen atoms in total. The monoisotopic (exact) mass is 366 g/mol. The first-order valence-corrected chi connectivity index (χ1v) is 11.0. The zero-order valence-corrected chi connectivity index (χ0v) is 17.5. The van der Waals surface area contributed by atoms with Gasteiger partial charge in [-0.2, -0.15) is 0 Å². The van der Waals surface area contributed by atoms with Gasteiger partial charge >= 0.3 is 0 Å². The molecule has 2 aliphatic rings. The fraction of sp³-hybridized carbons (Fsp3) is 0.913. The van der Waals surface area contributed by atoms with E-state index in [2.05, 4.69) is 39.8 Å². The third-order valence-electron chi connectivity index (χ3n) is 7.25. The van der Waals surface area contributed by atoms with Crippen LogP contribution >= 0.6 is 0 Å². The summed E-state index contributed by atoms with van der Waals surface area (Å²) in [5, 5.41) is 21.0. The van der Waals surface area contributed by atoms with E-state index in [1.54, 1.807) is 0 Å². The molecule has 2 aliphatic carbocycles. The van der Waals surface area contributed by atoms with Crippen LogP contribution in [-0.4, -0.2) is 35.1 Å². The van der Waals surface area contributed by atoms with Gasteiger partial charge in [-0.15, -0.1) is 0 Å². The molecular weight excluding hydrogens is 324 g/mol. The van der Waals surface area contributed by atoms with Crippen molar-refractivity contribution in [3.8, 4) is 0 Å². The van der Waals surface area contributed by atoms with Gasteiger partial charge < -0.3 is 14.9 Å². The van der Waals surface area contributed by atoms with Crippen LogP contribution in [0.1, 0.15) is 85.5 Å². The third-order valence-corrected chi connectivity index (χ3v) is 7.25. The molecule has 0 heterocycles. The summed E-state index contributed by atoms with van der Waals surface area (Å²) in [5.74, 6) is 1.67. The third kappa shape index (κ3) is 5.11. The maximum absolute atomic E-state index is 10.6. The van der Waals surface area contributed by atoms with Gasteiger partial charge in [-0.3, -0.25) is 0 Å². The van der Waals surface area contributed by atoms with E-state index >= 15 is 0 Å². The van der Waals surface area contributed by atoms with Crippen molar-refractivity contribution in [2.75, 3.05) is 13.2 Å². The lowest BCUT2D eigenvalue weighted by atomic mass is 9.62. The number of hydrogen-bond acceptors (Lipinski definition) is 3. The smallest absolute Gasteiger partial charge is 0.0880 e. The molecule has 0 aromatic carbocycles. The highest BCUT2D eigenvalue weighted by Gasteiger charge is 2.51. The highest BCUT2D eigenvalue weighted by Crippen LogP contribution is 2.57. The molecule has 2 saturated carbocycles. The molecular formula is C23H42O3.